The Morgan fingerprint density at radius 1 is 0.667 bits per heavy atom. The molecule has 4 aromatic carbocycles. The summed E-state index contributed by atoms with van der Waals surface area (Å²) >= 11 is 0. The van der Waals surface area contributed by atoms with Crippen molar-refractivity contribution in [2.24, 2.45) is 0 Å². The molecule has 0 saturated heterocycles. The van der Waals surface area contributed by atoms with Crippen LogP contribution in [0.25, 0.3) is 0 Å². The average Bonchev–Trinajstić information content (AvgIpc) is 3.08. The maximum Gasteiger partial charge on any atom is 0.337 e. The second-order valence-corrected chi connectivity index (χ2v) is 11.1. The van der Waals surface area contributed by atoms with Gasteiger partial charge in [0.2, 0.25) is 0 Å². The van der Waals surface area contributed by atoms with Gasteiger partial charge in [0.1, 0.15) is 18.2 Å². The van der Waals surface area contributed by atoms with Gasteiger partial charge in [-0.15, -0.1) is 0 Å². The first-order valence-corrected chi connectivity index (χ1v) is 15.4. The molecule has 6 nitrogen and oxygen atoms in total. The maximum absolute atomic E-state index is 13.2. The molecule has 45 heavy (non-hydrogen) atoms. The third-order valence-corrected chi connectivity index (χ3v) is 7.82. The summed E-state index contributed by atoms with van der Waals surface area (Å²) in [6.45, 7) is 2.82. The molecule has 0 heterocycles. The van der Waals surface area contributed by atoms with Gasteiger partial charge < -0.3 is 14.2 Å². The van der Waals surface area contributed by atoms with E-state index in [1.807, 2.05) is 42.5 Å². The van der Waals surface area contributed by atoms with Crippen LogP contribution in [0.3, 0.4) is 0 Å². The molecular weight excluding hydrogens is 569 g/mol. The van der Waals surface area contributed by atoms with Crippen molar-refractivity contribution in [2.75, 3.05) is 27.3 Å². The Hall–Kier alpha value is -4.49. The minimum atomic E-state index is -0.351. The van der Waals surface area contributed by atoms with Gasteiger partial charge in [-0.05, 0) is 96.8 Å². The molecule has 4 aromatic rings. The van der Waals surface area contributed by atoms with Crippen LogP contribution in [0.1, 0.15) is 57.4 Å². The molecule has 0 bridgehead atoms. The van der Waals surface area contributed by atoms with Crippen LogP contribution >= 0.6 is 0 Å². The zero-order chi connectivity index (χ0) is 31.9. The lowest BCUT2D eigenvalue weighted by Crippen LogP contribution is -2.27. The molecule has 4 rings (SSSR count). The SMILES string of the molecule is COC(=O)CCCCN(CCc1ccccc1OCc1ccc(CCc2ccc(F)cc2)cc1)Cc1ccc(C(=O)OC)cc1. The maximum atomic E-state index is 13.2. The van der Waals surface area contributed by atoms with Crippen molar-refractivity contribution in [1.29, 1.82) is 0 Å². The summed E-state index contributed by atoms with van der Waals surface area (Å²) in [5.74, 6) is 0.116. The van der Waals surface area contributed by atoms with Gasteiger partial charge in [-0.3, -0.25) is 9.69 Å². The Morgan fingerprint density at radius 3 is 1.96 bits per heavy atom. The van der Waals surface area contributed by atoms with Crippen LogP contribution in [-0.2, 0) is 46.7 Å². The molecule has 0 radical (unpaired) electrons. The van der Waals surface area contributed by atoms with Crippen molar-refractivity contribution in [3.05, 3.63) is 136 Å². The molecule has 0 aliphatic carbocycles. The van der Waals surface area contributed by atoms with Crippen LogP contribution in [0, 0.1) is 5.82 Å². The number of nitrogens with zero attached hydrogens (tertiary/aromatic N) is 1. The molecule has 0 aliphatic heterocycles. The average molecular weight is 612 g/mol. The number of rotatable bonds is 17. The van der Waals surface area contributed by atoms with E-state index in [2.05, 4.69) is 35.2 Å². The van der Waals surface area contributed by atoms with Crippen LogP contribution in [0.15, 0.2) is 97.1 Å². The smallest absolute Gasteiger partial charge is 0.337 e. The summed E-state index contributed by atoms with van der Waals surface area (Å²) in [6.07, 6.45) is 4.59. The number of hydrogen-bond acceptors (Lipinski definition) is 6. The van der Waals surface area contributed by atoms with Crippen molar-refractivity contribution >= 4 is 11.9 Å². The van der Waals surface area contributed by atoms with Gasteiger partial charge >= 0.3 is 11.9 Å². The van der Waals surface area contributed by atoms with Gasteiger partial charge in [0.15, 0.2) is 0 Å². The highest BCUT2D eigenvalue weighted by Crippen LogP contribution is 2.22. The molecule has 0 saturated carbocycles. The highest BCUT2D eigenvalue weighted by molar-refractivity contribution is 5.89. The van der Waals surface area contributed by atoms with Gasteiger partial charge in [-0.2, -0.15) is 0 Å². The standard InChI is InChI=1S/C38H42FNO5/c1-43-37(41)9-5-6-25-40(27-31-16-20-34(21-17-31)38(42)44-2)26-24-33-7-3-4-8-36(33)45-28-32-14-12-29(13-15-32)10-11-30-18-22-35(39)23-19-30/h3-4,7-8,12-23H,5-6,9-11,24-28H2,1-2H3. The van der Waals surface area contributed by atoms with Gasteiger partial charge in [0, 0.05) is 19.5 Å². The van der Waals surface area contributed by atoms with E-state index in [0.29, 0.717) is 18.6 Å². The largest absolute Gasteiger partial charge is 0.489 e. The fraction of sp³-hybridized carbons (Fsp3) is 0.316. The Bertz CT molecular complexity index is 1490. The lowest BCUT2D eigenvalue weighted by Gasteiger charge is -2.23. The first kappa shape index (κ1) is 33.4. The fourth-order valence-electron chi connectivity index (χ4n) is 5.13. The van der Waals surface area contributed by atoms with Crippen molar-refractivity contribution in [3.63, 3.8) is 0 Å². The molecule has 0 aromatic heterocycles. The quantitative estimate of drug-likeness (QED) is 0.0918. The molecule has 0 N–H and O–H groups in total. The van der Waals surface area contributed by atoms with Crippen molar-refractivity contribution in [3.8, 4) is 5.75 Å². The Labute approximate surface area is 265 Å². The third-order valence-electron chi connectivity index (χ3n) is 7.82. The van der Waals surface area contributed by atoms with Crippen LogP contribution in [0.2, 0.25) is 0 Å². The number of hydrogen-bond donors (Lipinski definition) is 0. The minimum Gasteiger partial charge on any atom is -0.489 e. The van der Waals surface area contributed by atoms with E-state index in [1.54, 1.807) is 12.1 Å². The second-order valence-electron chi connectivity index (χ2n) is 11.1. The predicted molar refractivity (Wildman–Crippen MR) is 174 cm³/mol. The van der Waals surface area contributed by atoms with E-state index >= 15 is 0 Å². The molecule has 0 amide bonds. The molecule has 0 atom stereocenters. The van der Waals surface area contributed by atoms with Crippen LogP contribution in [-0.4, -0.2) is 44.1 Å². The zero-order valence-corrected chi connectivity index (χ0v) is 26.2. The van der Waals surface area contributed by atoms with E-state index in [-0.39, 0.29) is 17.8 Å². The van der Waals surface area contributed by atoms with Gasteiger partial charge in [-0.25, -0.2) is 9.18 Å². The summed E-state index contributed by atoms with van der Waals surface area (Å²) in [5.41, 5.74) is 6.21. The molecular formula is C38H42FNO5. The number of ether oxygens (including phenoxy) is 3. The van der Waals surface area contributed by atoms with Crippen LogP contribution in [0.4, 0.5) is 4.39 Å². The topological polar surface area (TPSA) is 65.1 Å². The molecule has 0 spiro atoms. The number of carbonyl (C=O) groups excluding carboxylic acids is 2. The minimum absolute atomic E-state index is 0.189. The van der Waals surface area contributed by atoms with Gasteiger partial charge in [-0.1, -0.05) is 66.7 Å². The summed E-state index contributed by atoms with van der Waals surface area (Å²) in [6, 6.07) is 30.8. The lowest BCUT2D eigenvalue weighted by molar-refractivity contribution is -0.140. The molecule has 7 heteroatoms. The summed E-state index contributed by atoms with van der Waals surface area (Å²) < 4.78 is 29.1. The Kier molecular flexibility index (Phi) is 13.2. The van der Waals surface area contributed by atoms with E-state index < -0.39 is 0 Å². The highest BCUT2D eigenvalue weighted by atomic mass is 19.1. The molecule has 236 valence electrons. The number of aryl methyl sites for hydroxylation is 2. The number of methoxy groups -OCH3 is 2. The number of benzene rings is 4. The monoisotopic (exact) mass is 611 g/mol. The number of para-hydroxylation sites is 1. The number of esters is 2. The van der Waals surface area contributed by atoms with E-state index in [0.717, 1.165) is 79.7 Å². The molecule has 0 fully saturated rings. The molecule has 0 aliphatic rings. The second kappa shape index (κ2) is 17.7. The highest BCUT2D eigenvalue weighted by Gasteiger charge is 2.12. The zero-order valence-electron chi connectivity index (χ0n) is 26.2. The first-order valence-electron chi connectivity index (χ1n) is 15.4. The number of carbonyl (C=O) groups is 2. The van der Waals surface area contributed by atoms with E-state index in [4.69, 9.17) is 14.2 Å². The fourth-order valence-corrected chi connectivity index (χ4v) is 5.13. The Morgan fingerprint density at radius 2 is 1.29 bits per heavy atom. The molecule has 0 unspecified atom stereocenters. The third kappa shape index (κ3) is 11.2. The predicted octanol–water partition coefficient (Wildman–Crippen LogP) is 7.36. The first-order chi connectivity index (χ1) is 21.9. The van der Waals surface area contributed by atoms with E-state index in [1.165, 1.54) is 31.9 Å². The normalized spacial score (nSPS) is 10.9. The number of halogens is 1. The number of unbranched alkanes of at least 4 members (excludes halogenated alkanes) is 1. The summed E-state index contributed by atoms with van der Waals surface area (Å²) in [4.78, 5) is 25.8. The van der Waals surface area contributed by atoms with Crippen molar-refractivity contribution in [1.82, 2.24) is 4.90 Å². The summed E-state index contributed by atoms with van der Waals surface area (Å²) in [7, 11) is 2.79. The van der Waals surface area contributed by atoms with Crippen LogP contribution in [0.5, 0.6) is 5.75 Å². The van der Waals surface area contributed by atoms with E-state index in [9.17, 15) is 14.0 Å². The van der Waals surface area contributed by atoms with Crippen molar-refractivity contribution < 1.29 is 28.2 Å². The van der Waals surface area contributed by atoms with Gasteiger partial charge in [0.05, 0.1) is 19.8 Å². The Balaban J connectivity index is 1.33. The summed E-state index contributed by atoms with van der Waals surface area (Å²) in [5, 5.41) is 0. The van der Waals surface area contributed by atoms with Gasteiger partial charge in [0.25, 0.3) is 0 Å². The lowest BCUT2D eigenvalue weighted by atomic mass is 10.0. The van der Waals surface area contributed by atoms with Crippen LogP contribution < -0.4 is 4.74 Å². The van der Waals surface area contributed by atoms with Crippen molar-refractivity contribution in [2.45, 2.75) is 51.7 Å².